The van der Waals surface area contributed by atoms with Gasteiger partial charge in [0.05, 0.1) is 5.92 Å². The summed E-state index contributed by atoms with van der Waals surface area (Å²) in [5, 5.41) is 8.84. The predicted octanol–water partition coefficient (Wildman–Crippen LogP) is 3.88. The molecule has 90 valence electrons. The lowest BCUT2D eigenvalue weighted by Crippen LogP contribution is -2.21. The summed E-state index contributed by atoms with van der Waals surface area (Å²) in [6.07, 6.45) is 9.36. The number of aliphatic carboxylic acids is 1. The molecular formula is C12H23ClO2. The molecule has 0 unspecified atom stereocenters. The van der Waals surface area contributed by atoms with Crippen LogP contribution in [0.5, 0.6) is 0 Å². The Kier molecular flexibility index (Phi) is 7.85. The molecule has 0 aliphatic heterocycles. The summed E-state index contributed by atoms with van der Waals surface area (Å²) >= 11 is 0. The molecule has 15 heavy (non-hydrogen) atoms. The highest BCUT2D eigenvalue weighted by molar-refractivity contribution is 5.85. The van der Waals surface area contributed by atoms with Crippen LogP contribution in [0.25, 0.3) is 0 Å². The van der Waals surface area contributed by atoms with E-state index in [4.69, 9.17) is 5.11 Å². The van der Waals surface area contributed by atoms with Crippen molar-refractivity contribution in [1.29, 1.82) is 0 Å². The van der Waals surface area contributed by atoms with Crippen LogP contribution in [0.2, 0.25) is 0 Å². The highest BCUT2D eigenvalue weighted by atomic mass is 35.5. The maximum Gasteiger partial charge on any atom is 0.306 e. The van der Waals surface area contributed by atoms with Gasteiger partial charge in [0.15, 0.2) is 0 Å². The van der Waals surface area contributed by atoms with Crippen LogP contribution in [0.4, 0.5) is 0 Å². The number of unbranched alkanes of at least 4 members (excludes halogenated alkanes) is 2. The summed E-state index contributed by atoms with van der Waals surface area (Å²) < 4.78 is 0. The van der Waals surface area contributed by atoms with E-state index in [1.54, 1.807) is 0 Å². The van der Waals surface area contributed by atoms with Crippen molar-refractivity contribution in [1.82, 2.24) is 0 Å². The summed E-state index contributed by atoms with van der Waals surface area (Å²) in [5.74, 6) is 0.187. The van der Waals surface area contributed by atoms with Gasteiger partial charge in [0, 0.05) is 0 Å². The van der Waals surface area contributed by atoms with Crippen LogP contribution in [0.3, 0.4) is 0 Å². The molecule has 2 nitrogen and oxygen atoms in total. The molecule has 1 saturated carbocycles. The SMILES string of the molecule is CCCCC[C@H]1CC[C@H](C(=O)O)CC1.Cl. The maximum atomic E-state index is 10.7. The minimum Gasteiger partial charge on any atom is -0.481 e. The maximum absolute atomic E-state index is 10.7. The van der Waals surface area contributed by atoms with Crippen molar-refractivity contribution in [3.8, 4) is 0 Å². The van der Waals surface area contributed by atoms with Crippen molar-refractivity contribution in [3.63, 3.8) is 0 Å². The van der Waals surface area contributed by atoms with E-state index in [-0.39, 0.29) is 18.3 Å². The van der Waals surface area contributed by atoms with Gasteiger partial charge in [0.25, 0.3) is 0 Å². The monoisotopic (exact) mass is 234 g/mol. The molecular weight excluding hydrogens is 212 g/mol. The van der Waals surface area contributed by atoms with E-state index in [0.29, 0.717) is 0 Å². The van der Waals surface area contributed by atoms with Crippen LogP contribution >= 0.6 is 12.4 Å². The van der Waals surface area contributed by atoms with Gasteiger partial charge in [0.1, 0.15) is 0 Å². The fraction of sp³-hybridized carbons (Fsp3) is 0.917. The zero-order chi connectivity index (χ0) is 10.4. The van der Waals surface area contributed by atoms with Crippen LogP contribution in [0, 0.1) is 11.8 Å². The van der Waals surface area contributed by atoms with Crippen molar-refractivity contribution in [3.05, 3.63) is 0 Å². The molecule has 1 aliphatic rings. The molecule has 1 aliphatic carbocycles. The molecule has 3 heteroatoms. The topological polar surface area (TPSA) is 37.3 Å². The Morgan fingerprint density at radius 2 is 1.80 bits per heavy atom. The van der Waals surface area contributed by atoms with Crippen molar-refractivity contribution < 1.29 is 9.90 Å². The number of rotatable bonds is 5. The Morgan fingerprint density at radius 3 is 2.27 bits per heavy atom. The van der Waals surface area contributed by atoms with Gasteiger partial charge in [-0.3, -0.25) is 4.79 Å². The first kappa shape index (κ1) is 14.8. The zero-order valence-corrected chi connectivity index (χ0v) is 10.4. The molecule has 1 N–H and O–H groups in total. The van der Waals surface area contributed by atoms with Crippen molar-refractivity contribution in [2.75, 3.05) is 0 Å². The van der Waals surface area contributed by atoms with Crippen LogP contribution in [-0.2, 0) is 4.79 Å². The Labute approximate surface area is 98.9 Å². The van der Waals surface area contributed by atoms with Crippen LogP contribution < -0.4 is 0 Å². The van der Waals surface area contributed by atoms with Crippen LogP contribution in [0.1, 0.15) is 58.3 Å². The standard InChI is InChI=1S/C12H22O2.ClH/c1-2-3-4-5-10-6-8-11(9-7-10)12(13)14;/h10-11H,2-9H2,1H3,(H,13,14);1H/t10-,11-;. The summed E-state index contributed by atoms with van der Waals surface area (Å²) in [5.41, 5.74) is 0. The number of carboxylic acids is 1. The molecule has 0 atom stereocenters. The van der Waals surface area contributed by atoms with Gasteiger partial charge in [-0.2, -0.15) is 0 Å². The molecule has 0 saturated heterocycles. The second-order valence-corrected chi connectivity index (χ2v) is 4.55. The van der Waals surface area contributed by atoms with E-state index in [1.165, 1.54) is 25.7 Å². The van der Waals surface area contributed by atoms with Gasteiger partial charge < -0.3 is 5.11 Å². The minimum absolute atomic E-state index is 0. The molecule has 0 aromatic heterocycles. The molecule has 0 radical (unpaired) electrons. The van der Waals surface area contributed by atoms with E-state index in [1.807, 2.05) is 0 Å². The Bertz CT molecular complexity index is 174. The highest BCUT2D eigenvalue weighted by Crippen LogP contribution is 2.31. The average Bonchev–Trinajstić information content (AvgIpc) is 2.19. The molecule has 0 spiro atoms. The first-order valence-electron chi connectivity index (χ1n) is 5.96. The van der Waals surface area contributed by atoms with Crippen molar-refractivity contribution >= 4 is 18.4 Å². The van der Waals surface area contributed by atoms with Crippen molar-refractivity contribution in [2.24, 2.45) is 11.8 Å². The van der Waals surface area contributed by atoms with E-state index < -0.39 is 5.97 Å². The second-order valence-electron chi connectivity index (χ2n) is 4.55. The second kappa shape index (κ2) is 7.98. The normalized spacial score (nSPS) is 25.7. The fourth-order valence-electron chi connectivity index (χ4n) is 2.38. The van der Waals surface area contributed by atoms with E-state index in [9.17, 15) is 4.79 Å². The van der Waals surface area contributed by atoms with Gasteiger partial charge in [-0.05, 0) is 31.6 Å². The van der Waals surface area contributed by atoms with Gasteiger partial charge >= 0.3 is 5.97 Å². The molecule has 0 bridgehead atoms. The molecule has 0 amide bonds. The Morgan fingerprint density at radius 1 is 1.20 bits per heavy atom. The smallest absolute Gasteiger partial charge is 0.306 e. The number of carboxylic acid groups (broad SMARTS) is 1. The van der Waals surface area contributed by atoms with E-state index >= 15 is 0 Å². The van der Waals surface area contributed by atoms with E-state index in [2.05, 4.69) is 6.92 Å². The number of hydrogen-bond acceptors (Lipinski definition) is 1. The van der Waals surface area contributed by atoms with Gasteiger partial charge in [-0.1, -0.05) is 32.6 Å². The Balaban J connectivity index is 0.00000196. The van der Waals surface area contributed by atoms with Crippen LogP contribution in [-0.4, -0.2) is 11.1 Å². The average molecular weight is 235 g/mol. The fourth-order valence-corrected chi connectivity index (χ4v) is 2.38. The number of halogens is 1. The summed E-state index contributed by atoms with van der Waals surface area (Å²) in [4.78, 5) is 10.7. The molecule has 1 rings (SSSR count). The predicted molar refractivity (Wildman–Crippen MR) is 64.5 cm³/mol. The van der Waals surface area contributed by atoms with Gasteiger partial charge in [-0.25, -0.2) is 0 Å². The molecule has 0 heterocycles. The third-order valence-electron chi connectivity index (χ3n) is 3.41. The van der Waals surface area contributed by atoms with Gasteiger partial charge in [0.2, 0.25) is 0 Å². The molecule has 0 aromatic carbocycles. The molecule has 0 aromatic rings. The molecule has 1 fully saturated rings. The lowest BCUT2D eigenvalue weighted by molar-refractivity contribution is -0.143. The Hall–Kier alpha value is -0.240. The number of hydrogen-bond donors (Lipinski definition) is 1. The zero-order valence-electron chi connectivity index (χ0n) is 9.58. The summed E-state index contributed by atoms with van der Waals surface area (Å²) in [7, 11) is 0. The summed E-state index contributed by atoms with van der Waals surface area (Å²) in [6.45, 7) is 2.22. The number of carbonyl (C=O) groups is 1. The van der Waals surface area contributed by atoms with Crippen LogP contribution in [0.15, 0.2) is 0 Å². The third kappa shape index (κ3) is 5.41. The third-order valence-corrected chi connectivity index (χ3v) is 3.41. The van der Waals surface area contributed by atoms with Gasteiger partial charge in [-0.15, -0.1) is 12.4 Å². The quantitative estimate of drug-likeness (QED) is 0.733. The largest absolute Gasteiger partial charge is 0.481 e. The lowest BCUT2D eigenvalue weighted by atomic mass is 9.80. The summed E-state index contributed by atoms with van der Waals surface area (Å²) in [6, 6.07) is 0. The lowest BCUT2D eigenvalue weighted by Gasteiger charge is -2.25. The van der Waals surface area contributed by atoms with E-state index in [0.717, 1.165) is 31.6 Å². The highest BCUT2D eigenvalue weighted by Gasteiger charge is 2.25. The first-order valence-corrected chi connectivity index (χ1v) is 5.96. The minimum atomic E-state index is -0.586. The van der Waals surface area contributed by atoms with Crippen molar-refractivity contribution in [2.45, 2.75) is 58.3 Å². The first-order chi connectivity index (χ1) is 6.74.